The van der Waals surface area contributed by atoms with Crippen LogP contribution >= 0.6 is 0 Å². The van der Waals surface area contributed by atoms with Gasteiger partial charge in [-0.3, -0.25) is 14.6 Å². The third-order valence-electron chi connectivity index (χ3n) is 2.94. The van der Waals surface area contributed by atoms with E-state index in [0.29, 0.717) is 0 Å². The molecule has 0 aliphatic carbocycles. The lowest BCUT2D eigenvalue weighted by molar-refractivity contribution is -0.136. The number of rotatable bonds is 8. The number of hydrogen-bond acceptors (Lipinski definition) is 8. The molecule has 1 saturated heterocycles. The number of carbonyl (C=O) groups is 2. The molecule has 0 spiro atoms. The first-order chi connectivity index (χ1) is 9.86. The van der Waals surface area contributed by atoms with Crippen molar-refractivity contribution >= 4 is 18.1 Å². The van der Waals surface area contributed by atoms with Crippen LogP contribution in [0.15, 0.2) is 4.99 Å². The molecular weight excluding hydrogens is 286 g/mol. The molecule has 1 aliphatic rings. The van der Waals surface area contributed by atoms with Crippen molar-refractivity contribution in [3.63, 3.8) is 0 Å². The Morgan fingerprint density at radius 2 is 2.05 bits per heavy atom. The van der Waals surface area contributed by atoms with Crippen LogP contribution < -0.4 is 11.1 Å². The Bertz CT molecular complexity index is 403. The molecule has 120 valence electrons. The lowest BCUT2D eigenvalue weighted by Gasteiger charge is -2.12. The van der Waals surface area contributed by atoms with Crippen LogP contribution in [0.4, 0.5) is 0 Å². The molecule has 0 saturated carbocycles. The first kappa shape index (κ1) is 17.5. The molecule has 1 fully saturated rings. The number of carboxylic acid groups (broad SMARTS) is 1. The van der Waals surface area contributed by atoms with Crippen LogP contribution in [-0.2, 0) is 14.3 Å². The van der Waals surface area contributed by atoms with E-state index in [-0.39, 0.29) is 13.1 Å². The Balaban J connectivity index is 2.58. The standard InChI is InChI=1S/C11H19N3O7/c12-10(20)5(1-13-3-7(16)17)2-14-11-9(19)8(18)6(4-15)21-11/h2,5-6,8-9,11,13,15,18-19H,1,3-4H2,(H2,12,20)(H,16,17). The van der Waals surface area contributed by atoms with Gasteiger partial charge in [0.1, 0.15) is 18.3 Å². The van der Waals surface area contributed by atoms with Gasteiger partial charge in [-0.05, 0) is 0 Å². The second-order valence-electron chi connectivity index (χ2n) is 4.56. The molecular formula is C11H19N3O7. The molecule has 0 aromatic rings. The number of aliphatic imine (C=N–C) groups is 1. The largest absolute Gasteiger partial charge is 0.480 e. The van der Waals surface area contributed by atoms with Gasteiger partial charge < -0.3 is 36.2 Å². The average Bonchev–Trinajstić information content (AvgIpc) is 2.69. The molecule has 10 heteroatoms. The number of aliphatic hydroxyl groups is 3. The smallest absolute Gasteiger partial charge is 0.317 e. The van der Waals surface area contributed by atoms with E-state index in [0.717, 1.165) is 6.21 Å². The quantitative estimate of drug-likeness (QED) is 0.248. The Labute approximate surface area is 120 Å². The van der Waals surface area contributed by atoms with Gasteiger partial charge in [0.05, 0.1) is 19.1 Å². The lowest BCUT2D eigenvalue weighted by Crippen LogP contribution is -2.37. The van der Waals surface area contributed by atoms with Gasteiger partial charge >= 0.3 is 5.97 Å². The van der Waals surface area contributed by atoms with Crippen molar-refractivity contribution in [2.45, 2.75) is 24.5 Å². The van der Waals surface area contributed by atoms with E-state index in [2.05, 4.69) is 10.3 Å². The van der Waals surface area contributed by atoms with Crippen LogP contribution in [0.25, 0.3) is 0 Å². The topological polar surface area (TPSA) is 175 Å². The summed E-state index contributed by atoms with van der Waals surface area (Å²) >= 11 is 0. The highest BCUT2D eigenvalue weighted by Crippen LogP contribution is 2.21. The van der Waals surface area contributed by atoms with Crippen molar-refractivity contribution in [3.05, 3.63) is 0 Å². The Morgan fingerprint density at radius 1 is 1.38 bits per heavy atom. The summed E-state index contributed by atoms with van der Waals surface area (Å²) in [6, 6.07) is 0. The van der Waals surface area contributed by atoms with Gasteiger partial charge in [-0.2, -0.15) is 0 Å². The predicted molar refractivity (Wildman–Crippen MR) is 69.4 cm³/mol. The normalized spacial score (nSPS) is 30.6. The molecule has 7 N–H and O–H groups in total. The molecule has 1 heterocycles. The molecule has 0 radical (unpaired) electrons. The first-order valence-corrected chi connectivity index (χ1v) is 6.24. The Morgan fingerprint density at radius 3 is 2.52 bits per heavy atom. The molecule has 5 unspecified atom stereocenters. The highest BCUT2D eigenvalue weighted by molar-refractivity contribution is 5.92. The van der Waals surface area contributed by atoms with Gasteiger partial charge in [-0.25, -0.2) is 0 Å². The number of carboxylic acids is 1. The first-order valence-electron chi connectivity index (χ1n) is 6.24. The minimum atomic E-state index is -1.33. The maximum absolute atomic E-state index is 11.2. The number of nitrogens with one attached hydrogen (secondary N) is 1. The van der Waals surface area contributed by atoms with Crippen LogP contribution in [0.1, 0.15) is 0 Å². The summed E-state index contributed by atoms with van der Waals surface area (Å²) in [5, 5.41) is 39.1. The van der Waals surface area contributed by atoms with E-state index in [1.165, 1.54) is 0 Å². The fourth-order valence-corrected chi connectivity index (χ4v) is 1.75. The maximum Gasteiger partial charge on any atom is 0.317 e. The van der Waals surface area contributed by atoms with E-state index >= 15 is 0 Å². The number of primary amides is 1. The zero-order valence-corrected chi connectivity index (χ0v) is 11.1. The van der Waals surface area contributed by atoms with Crippen LogP contribution in [0.2, 0.25) is 0 Å². The summed E-state index contributed by atoms with van der Waals surface area (Å²) in [5.41, 5.74) is 5.14. The van der Waals surface area contributed by atoms with Crippen LogP contribution in [0.3, 0.4) is 0 Å². The van der Waals surface area contributed by atoms with Crippen LogP contribution in [0.5, 0.6) is 0 Å². The highest BCUT2D eigenvalue weighted by atomic mass is 16.6. The van der Waals surface area contributed by atoms with Crippen molar-refractivity contribution in [2.75, 3.05) is 19.7 Å². The number of amides is 1. The molecule has 5 atom stereocenters. The number of aliphatic carboxylic acids is 1. The zero-order valence-electron chi connectivity index (χ0n) is 11.1. The van der Waals surface area contributed by atoms with Crippen molar-refractivity contribution in [1.29, 1.82) is 0 Å². The lowest BCUT2D eigenvalue weighted by atomic mass is 10.1. The van der Waals surface area contributed by atoms with E-state index in [9.17, 15) is 19.8 Å². The van der Waals surface area contributed by atoms with Crippen LogP contribution in [-0.4, -0.2) is 82.8 Å². The van der Waals surface area contributed by atoms with Crippen molar-refractivity contribution in [1.82, 2.24) is 5.32 Å². The fraction of sp³-hybridized carbons (Fsp3) is 0.727. The van der Waals surface area contributed by atoms with Crippen molar-refractivity contribution < 1.29 is 34.8 Å². The maximum atomic E-state index is 11.2. The monoisotopic (exact) mass is 305 g/mol. The van der Waals surface area contributed by atoms with E-state index < -0.39 is 48.9 Å². The molecule has 0 aromatic heterocycles. The molecule has 1 aliphatic heterocycles. The second-order valence-corrected chi connectivity index (χ2v) is 4.56. The van der Waals surface area contributed by atoms with E-state index in [1.807, 2.05) is 0 Å². The number of aliphatic hydroxyl groups excluding tert-OH is 3. The molecule has 0 bridgehead atoms. The zero-order chi connectivity index (χ0) is 16.0. The fourth-order valence-electron chi connectivity index (χ4n) is 1.75. The third-order valence-corrected chi connectivity index (χ3v) is 2.94. The molecule has 1 rings (SSSR count). The molecule has 10 nitrogen and oxygen atoms in total. The van der Waals surface area contributed by atoms with Gasteiger partial charge in [0.15, 0.2) is 6.23 Å². The summed E-state index contributed by atoms with van der Waals surface area (Å²) in [5.74, 6) is -2.72. The van der Waals surface area contributed by atoms with Gasteiger partial charge in [0.2, 0.25) is 5.91 Å². The van der Waals surface area contributed by atoms with Gasteiger partial charge in [0, 0.05) is 12.8 Å². The van der Waals surface area contributed by atoms with Crippen molar-refractivity contribution in [2.24, 2.45) is 16.6 Å². The summed E-state index contributed by atoms with van der Waals surface area (Å²) in [4.78, 5) is 25.4. The second kappa shape index (κ2) is 8.00. The molecule has 0 aromatic carbocycles. The summed E-state index contributed by atoms with van der Waals surface area (Å²) < 4.78 is 5.09. The summed E-state index contributed by atoms with van der Waals surface area (Å²) in [6.07, 6.45) is -3.58. The Hall–Kier alpha value is -1.59. The van der Waals surface area contributed by atoms with Gasteiger partial charge in [0.25, 0.3) is 0 Å². The van der Waals surface area contributed by atoms with Gasteiger partial charge in [-0.15, -0.1) is 0 Å². The van der Waals surface area contributed by atoms with Gasteiger partial charge in [-0.1, -0.05) is 0 Å². The predicted octanol–water partition coefficient (Wildman–Crippen LogP) is -3.73. The third kappa shape index (κ3) is 5.02. The average molecular weight is 305 g/mol. The molecule has 1 amide bonds. The number of nitrogens with zero attached hydrogens (tertiary/aromatic N) is 1. The minimum Gasteiger partial charge on any atom is -0.480 e. The number of nitrogens with two attached hydrogens (primary N) is 1. The molecule has 21 heavy (non-hydrogen) atoms. The minimum absolute atomic E-state index is 0.0417. The highest BCUT2D eigenvalue weighted by Gasteiger charge is 2.42. The van der Waals surface area contributed by atoms with Crippen LogP contribution in [0, 0.1) is 5.92 Å². The van der Waals surface area contributed by atoms with E-state index in [4.69, 9.17) is 20.7 Å². The van der Waals surface area contributed by atoms with Crippen molar-refractivity contribution in [3.8, 4) is 0 Å². The summed E-state index contributed by atoms with van der Waals surface area (Å²) in [7, 11) is 0. The Kier molecular flexibility index (Phi) is 6.65. The number of carbonyl (C=O) groups excluding carboxylic acids is 1. The number of hydrogen-bond donors (Lipinski definition) is 6. The number of ether oxygens (including phenoxy) is 1. The SMILES string of the molecule is NC(=O)C(C=NC1OC(CO)C(O)C1O)CNCC(=O)O. The summed E-state index contributed by atoms with van der Waals surface area (Å²) in [6.45, 7) is -0.866. The van der Waals surface area contributed by atoms with E-state index in [1.54, 1.807) is 0 Å².